The Hall–Kier alpha value is -1.12. The number of rotatable bonds is 4. The van der Waals surface area contributed by atoms with Gasteiger partial charge in [-0.25, -0.2) is 4.79 Å². The van der Waals surface area contributed by atoms with Crippen molar-refractivity contribution in [2.75, 3.05) is 7.11 Å². The average molecular weight is 224 g/mol. The number of ketones is 1. The van der Waals surface area contributed by atoms with Crippen LogP contribution in [0.25, 0.3) is 0 Å². The number of carbonyl (C=O) groups excluding carboxylic acids is 2. The Bertz CT molecular complexity index is 337. The Kier molecular flexibility index (Phi) is 3.89. The molecule has 0 saturated carbocycles. The Labute approximate surface area is 96.9 Å². The van der Waals surface area contributed by atoms with E-state index in [-0.39, 0.29) is 5.78 Å². The minimum absolute atomic E-state index is 0.0644. The van der Waals surface area contributed by atoms with Crippen LogP contribution < -0.4 is 0 Å². The molecule has 90 valence electrons. The van der Waals surface area contributed by atoms with Crippen LogP contribution in [0.3, 0.4) is 0 Å². The molecule has 1 rings (SSSR count). The highest BCUT2D eigenvalue weighted by atomic mass is 16.5. The fraction of sp³-hybridized carbons (Fsp3) is 0.692. The molecule has 0 aromatic rings. The molecule has 0 atom stereocenters. The molecule has 0 saturated heterocycles. The zero-order chi connectivity index (χ0) is 12.3. The third-order valence-corrected chi connectivity index (χ3v) is 3.07. The third-order valence-electron chi connectivity index (χ3n) is 3.07. The molecule has 0 spiro atoms. The zero-order valence-electron chi connectivity index (χ0n) is 10.6. The van der Waals surface area contributed by atoms with E-state index in [2.05, 4.69) is 6.92 Å². The highest BCUT2D eigenvalue weighted by molar-refractivity contribution is 6.21. The summed E-state index contributed by atoms with van der Waals surface area (Å²) in [4.78, 5) is 23.6. The number of unbranched alkanes of at least 4 members (excludes halogenated alkanes) is 1. The van der Waals surface area contributed by atoms with Crippen molar-refractivity contribution >= 4 is 11.8 Å². The van der Waals surface area contributed by atoms with Gasteiger partial charge in [-0.05, 0) is 19.3 Å². The second kappa shape index (κ2) is 4.81. The van der Waals surface area contributed by atoms with Crippen molar-refractivity contribution in [3.8, 4) is 0 Å². The number of allylic oxidation sites excluding steroid dienone is 1. The molecule has 1 aliphatic carbocycles. The molecule has 0 heterocycles. The van der Waals surface area contributed by atoms with E-state index in [4.69, 9.17) is 4.74 Å². The third kappa shape index (κ3) is 2.34. The Morgan fingerprint density at radius 2 is 2.06 bits per heavy atom. The fourth-order valence-electron chi connectivity index (χ4n) is 2.14. The predicted octanol–water partition coefficient (Wildman–Crippen LogP) is 2.65. The lowest BCUT2D eigenvalue weighted by atomic mass is 9.87. The molecular weight excluding hydrogens is 204 g/mol. The molecule has 3 heteroatoms. The number of methoxy groups -OCH3 is 1. The van der Waals surface area contributed by atoms with Crippen molar-refractivity contribution in [1.29, 1.82) is 0 Å². The molecule has 0 aliphatic heterocycles. The van der Waals surface area contributed by atoms with E-state index < -0.39 is 11.4 Å². The van der Waals surface area contributed by atoms with Gasteiger partial charge < -0.3 is 4.74 Å². The summed E-state index contributed by atoms with van der Waals surface area (Å²) >= 11 is 0. The first-order chi connectivity index (χ1) is 7.44. The quantitative estimate of drug-likeness (QED) is 0.544. The second-order valence-electron chi connectivity index (χ2n) is 4.96. The van der Waals surface area contributed by atoms with E-state index >= 15 is 0 Å². The number of Topliss-reactive ketones (excluding diaryl/α,β-unsaturated/α-hetero) is 1. The van der Waals surface area contributed by atoms with Crippen LogP contribution in [-0.4, -0.2) is 18.9 Å². The van der Waals surface area contributed by atoms with Crippen LogP contribution in [0.15, 0.2) is 11.1 Å². The first kappa shape index (κ1) is 12.9. The van der Waals surface area contributed by atoms with Crippen molar-refractivity contribution in [1.82, 2.24) is 0 Å². The van der Waals surface area contributed by atoms with Gasteiger partial charge in [0, 0.05) is 5.41 Å². The number of hydrogen-bond donors (Lipinski definition) is 0. The van der Waals surface area contributed by atoms with Crippen LogP contribution in [-0.2, 0) is 14.3 Å². The molecule has 0 fully saturated rings. The van der Waals surface area contributed by atoms with E-state index in [0.717, 1.165) is 24.8 Å². The van der Waals surface area contributed by atoms with Crippen LogP contribution >= 0.6 is 0 Å². The van der Waals surface area contributed by atoms with Gasteiger partial charge in [-0.1, -0.05) is 32.8 Å². The van der Waals surface area contributed by atoms with Gasteiger partial charge in [0.05, 0.1) is 7.11 Å². The number of ether oxygens (including phenoxy) is 1. The number of esters is 1. The van der Waals surface area contributed by atoms with Crippen LogP contribution in [0.1, 0.15) is 46.5 Å². The highest BCUT2D eigenvalue weighted by Gasteiger charge is 2.42. The minimum atomic E-state index is -0.471. The number of hydrogen-bond acceptors (Lipinski definition) is 3. The Balaban J connectivity index is 2.99. The summed E-state index contributed by atoms with van der Waals surface area (Å²) in [5.41, 5.74) is 0.844. The minimum Gasteiger partial charge on any atom is -0.465 e. The van der Waals surface area contributed by atoms with Gasteiger partial charge in [-0.3, -0.25) is 4.79 Å². The van der Waals surface area contributed by atoms with Crippen LogP contribution in [0, 0.1) is 5.41 Å². The summed E-state index contributed by atoms with van der Waals surface area (Å²) in [6, 6.07) is 0. The summed E-state index contributed by atoms with van der Waals surface area (Å²) in [6.07, 6.45) is 3.60. The van der Waals surface area contributed by atoms with Crippen LogP contribution in [0.4, 0.5) is 0 Å². The maximum Gasteiger partial charge on any atom is 0.341 e. The van der Waals surface area contributed by atoms with Gasteiger partial charge in [-0.15, -0.1) is 0 Å². The molecule has 0 bridgehead atoms. The van der Waals surface area contributed by atoms with Crippen LogP contribution in [0.5, 0.6) is 0 Å². The van der Waals surface area contributed by atoms with E-state index in [1.807, 2.05) is 13.8 Å². The molecule has 0 radical (unpaired) electrons. The zero-order valence-corrected chi connectivity index (χ0v) is 10.6. The predicted molar refractivity (Wildman–Crippen MR) is 62.0 cm³/mol. The molecule has 3 nitrogen and oxygen atoms in total. The Morgan fingerprint density at radius 3 is 2.56 bits per heavy atom. The summed E-state index contributed by atoms with van der Waals surface area (Å²) in [5, 5.41) is 0. The maximum absolute atomic E-state index is 12.0. The maximum atomic E-state index is 12.0. The van der Waals surface area contributed by atoms with Gasteiger partial charge >= 0.3 is 5.97 Å². The standard InChI is InChI=1S/C13H20O3/c1-5-6-7-9-8-13(2,3)11(14)10(9)12(15)16-4/h5-8H2,1-4H3. The molecular formula is C13H20O3. The lowest BCUT2D eigenvalue weighted by Gasteiger charge is -2.15. The SMILES string of the molecule is CCCCC1=C(C(=O)OC)C(=O)C(C)(C)C1. The lowest BCUT2D eigenvalue weighted by molar-refractivity contribution is -0.138. The van der Waals surface area contributed by atoms with Crippen LogP contribution in [0.2, 0.25) is 0 Å². The van der Waals surface area contributed by atoms with Gasteiger partial charge in [0.15, 0.2) is 5.78 Å². The summed E-state index contributed by atoms with van der Waals surface area (Å²) in [7, 11) is 1.32. The molecule has 0 N–H and O–H groups in total. The molecule has 0 amide bonds. The molecule has 1 aliphatic rings. The summed E-state index contributed by atoms with van der Waals surface area (Å²) in [5.74, 6) is -0.535. The molecule has 0 unspecified atom stereocenters. The second-order valence-corrected chi connectivity index (χ2v) is 4.96. The highest BCUT2D eigenvalue weighted by Crippen LogP contribution is 2.40. The lowest BCUT2D eigenvalue weighted by Crippen LogP contribution is -2.23. The average Bonchev–Trinajstić information content (AvgIpc) is 2.46. The molecule has 16 heavy (non-hydrogen) atoms. The summed E-state index contributed by atoms with van der Waals surface area (Å²) < 4.78 is 4.69. The van der Waals surface area contributed by atoms with Gasteiger partial charge in [0.25, 0.3) is 0 Å². The van der Waals surface area contributed by atoms with E-state index in [9.17, 15) is 9.59 Å². The molecule has 0 aromatic heterocycles. The fourth-order valence-corrected chi connectivity index (χ4v) is 2.14. The first-order valence-electron chi connectivity index (χ1n) is 5.79. The van der Waals surface area contributed by atoms with Crippen molar-refractivity contribution in [2.45, 2.75) is 46.5 Å². The van der Waals surface area contributed by atoms with Crippen molar-refractivity contribution < 1.29 is 14.3 Å². The monoisotopic (exact) mass is 224 g/mol. The topological polar surface area (TPSA) is 43.4 Å². The van der Waals surface area contributed by atoms with Gasteiger partial charge in [0.1, 0.15) is 5.57 Å². The van der Waals surface area contributed by atoms with E-state index in [0.29, 0.717) is 12.0 Å². The summed E-state index contributed by atoms with van der Waals surface area (Å²) in [6.45, 7) is 5.87. The largest absolute Gasteiger partial charge is 0.465 e. The van der Waals surface area contributed by atoms with Crippen molar-refractivity contribution in [3.63, 3.8) is 0 Å². The van der Waals surface area contributed by atoms with Crippen molar-refractivity contribution in [2.24, 2.45) is 5.41 Å². The van der Waals surface area contributed by atoms with E-state index in [1.54, 1.807) is 0 Å². The first-order valence-corrected chi connectivity index (χ1v) is 5.79. The smallest absolute Gasteiger partial charge is 0.341 e. The van der Waals surface area contributed by atoms with Crippen molar-refractivity contribution in [3.05, 3.63) is 11.1 Å². The van der Waals surface area contributed by atoms with Gasteiger partial charge in [-0.2, -0.15) is 0 Å². The van der Waals surface area contributed by atoms with E-state index in [1.165, 1.54) is 7.11 Å². The number of carbonyl (C=O) groups is 2. The van der Waals surface area contributed by atoms with Gasteiger partial charge in [0.2, 0.25) is 0 Å². The normalized spacial score (nSPS) is 19.1. The molecule has 0 aromatic carbocycles. The Morgan fingerprint density at radius 1 is 1.44 bits per heavy atom.